The topological polar surface area (TPSA) is 98.5 Å². The number of primary amides is 1. The predicted octanol–water partition coefficient (Wildman–Crippen LogP) is 2.96. The second-order valence-electron chi connectivity index (χ2n) is 5.47. The van der Waals surface area contributed by atoms with E-state index in [1.807, 2.05) is 30.3 Å². The maximum atomic E-state index is 12.4. The standard InChI is InChI=1S/C18H18N2O4S/c1-11(2)8-15(22)20-17-16(18(23)24-9-14(19)21)13(10-25-17)12-6-4-3-5-7-12/h3-8,10H,9H2,1-2H3,(H2,19,21)(H,20,22). The number of ether oxygens (including phenoxy) is 1. The number of carbonyl (C=O) groups is 3. The first-order valence-electron chi connectivity index (χ1n) is 7.46. The summed E-state index contributed by atoms with van der Waals surface area (Å²) in [5.41, 5.74) is 7.47. The van der Waals surface area contributed by atoms with Crippen LogP contribution in [0.4, 0.5) is 5.00 Å². The Morgan fingerprint density at radius 3 is 2.48 bits per heavy atom. The molecule has 3 N–H and O–H groups in total. The fourth-order valence-electron chi connectivity index (χ4n) is 2.10. The molecule has 1 heterocycles. The van der Waals surface area contributed by atoms with Crippen molar-refractivity contribution in [3.63, 3.8) is 0 Å². The van der Waals surface area contributed by atoms with Gasteiger partial charge in [-0.05, 0) is 19.4 Å². The molecule has 0 bridgehead atoms. The fraction of sp³-hybridized carbons (Fsp3) is 0.167. The third-order valence-electron chi connectivity index (χ3n) is 3.08. The van der Waals surface area contributed by atoms with E-state index in [9.17, 15) is 14.4 Å². The molecule has 0 spiro atoms. The second-order valence-corrected chi connectivity index (χ2v) is 6.35. The van der Waals surface area contributed by atoms with Gasteiger partial charge in [0.05, 0.1) is 0 Å². The van der Waals surface area contributed by atoms with Gasteiger partial charge in [0.2, 0.25) is 5.91 Å². The maximum absolute atomic E-state index is 12.4. The molecule has 2 rings (SSSR count). The highest BCUT2D eigenvalue weighted by molar-refractivity contribution is 7.15. The summed E-state index contributed by atoms with van der Waals surface area (Å²) >= 11 is 1.21. The highest BCUT2D eigenvalue weighted by atomic mass is 32.1. The average molecular weight is 358 g/mol. The highest BCUT2D eigenvalue weighted by Gasteiger charge is 2.23. The molecule has 0 radical (unpaired) electrons. The summed E-state index contributed by atoms with van der Waals surface area (Å²) in [6, 6.07) is 9.22. The number of hydrogen-bond acceptors (Lipinski definition) is 5. The van der Waals surface area contributed by atoms with Crippen LogP contribution in [0.3, 0.4) is 0 Å². The molecule has 7 heteroatoms. The Balaban J connectivity index is 2.41. The monoisotopic (exact) mass is 358 g/mol. The van der Waals surface area contributed by atoms with Crippen molar-refractivity contribution in [2.45, 2.75) is 13.8 Å². The van der Waals surface area contributed by atoms with Crippen molar-refractivity contribution in [1.82, 2.24) is 0 Å². The lowest BCUT2D eigenvalue weighted by Crippen LogP contribution is -2.21. The van der Waals surface area contributed by atoms with Gasteiger partial charge in [-0.1, -0.05) is 35.9 Å². The van der Waals surface area contributed by atoms with E-state index in [1.165, 1.54) is 17.4 Å². The number of amides is 2. The molecule has 0 fully saturated rings. The average Bonchev–Trinajstić information content (AvgIpc) is 2.96. The van der Waals surface area contributed by atoms with E-state index in [-0.39, 0.29) is 11.5 Å². The summed E-state index contributed by atoms with van der Waals surface area (Å²) < 4.78 is 4.94. The summed E-state index contributed by atoms with van der Waals surface area (Å²) in [6.45, 7) is 3.07. The number of nitrogens with one attached hydrogen (secondary N) is 1. The molecule has 2 amide bonds. The van der Waals surface area contributed by atoms with Crippen LogP contribution in [-0.4, -0.2) is 24.4 Å². The van der Waals surface area contributed by atoms with E-state index >= 15 is 0 Å². The van der Waals surface area contributed by atoms with E-state index in [0.717, 1.165) is 11.1 Å². The van der Waals surface area contributed by atoms with Crippen molar-refractivity contribution in [2.24, 2.45) is 5.73 Å². The Morgan fingerprint density at radius 1 is 1.20 bits per heavy atom. The first-order chi connectivity index (χ1) is 11.9. The van der Waals surface area contributed by atoms with Crippen LogP contribution in [0.2, 0.25) is 0 Å². The minimum Gasteiger partial charge on any atom is -0.452 e. The molecule has 0 aliphatic heterocycles. The Morgan fingerprint density at radius 2 is 1.88 bits per heavy atom. The van der Waals surface area contributed by atoms with Gasteiger partial charge in [0, 0.05) is 17.0 Å². The number of anilines is 1. The minimum atomic E-state index is -0.750. The lowest BCUT2D eigenvalue weighted by molar-refractivity contribution is -0.121. The van der Waals surface area contributed by atoms with Gasteiger partial charge >= 0.3 is 5.97 Å². The van der Waals surface area contributed by atoms with Crippen LogP contribution in [0.5, 0.6) is 0 Å². The molecule has 0 saturated heterocycles. The smallest absolute Gasteiger partial charge is 0.342 e. The van der Waals surface area contributed by atoms with E-state index in [0.29, 0.717) is 10.6 Å². The molecule has 1 aromatic heterocycles. The van der Waals surface area contributed by atoms with Crippen LogP contribution in [0.1, 0.15) is 24.2 Å². The second kappa shape index (κ2) is 8.25. The number of esters is 1. The van der Waals surface area contributed by atoms with Crippen LogP contribution in [0, 0.1) is 0 Å². The number of thiophene rings is 1. The molecular weight excluding hydrogens is 340 g/mol. The highest BCUT2D eigenvalue weighted by Crippen LogP contribution is 2.36. The minimum absolute atomic E-state index is 0.202. The molecule has 2 aromatic rings. The molecule has 25 heavy (non-hydrogen) atoms. The van der Waals surface area contributed by atoms with Crippen molar-refractivity contribution < 1.29 is 19.1 Å². The molecule has 0 atom stereocenters. The summed E-state index contributed by atoms with van der Waals surface area (Å²) in [7, 11) is 0. The molecule has 130 valence electrons. The van der Waals surface area contributed by atoms with Gasteiger partial charge in [-0.25, -0.2) is 4.79 Å². The summed E-state index contributed by atoms with van der Waals surface area (Å²) in [6.07, 6.45) is 1.43. The number of rotatable bonds is 6. The molecular formula is C18H18N2O4S. The third-order valence-corrected chi connectivity index (χ3v) is 3.98. The van der Waals surface area contributed by atoms with Crippen molar-refractivity contribution in [1.29, 1.82) is 0 Å². The summed E-state index contributed by atoms with van der Waals surface area (Å²) in [5, 5.41) is 4.80. The van der Waals surface area contributed by atoms with Gasteiger partial charge in [-0.2, -0.15) is 0 Å². The number of benzene rings is 1. The zero-order valence-electron chi connectivity index (χ0n) is 13.9. The normalized spacial score (nSPS) is 10.0. The Hall–Kier alpha value is -2.93. The fourth-order valence-corrected chi connectivity index (χ4v) is 3.06. The zero-order valence-corrected chi connectivity index (χ0v) is 14.7. The van der Waals surface area contributed by atoms with Gasteiger partial charge in [-0.3, -0.25) is 9.59 Å². The van der Waals surface area contributed by atoms with Crippen molar-refractivity contribution in [2.75, 3.05) is 11.9 Å². The van der Waals surface area contributed by atoms with Crippen molar-refractivity contribution in [3.8, 4) is 11.1 Å². The van der Waals surface area contributed by atoms with Crippen LogP contribution in [0.25, 0.3) is 11.1 Å². The first-order valence-corrected chi connectivity index (χ1v) is 8.34. The Bertz CT molecular complexity index is 821. The Kier molecular flexibility index (Phi) is 6.08. The van der Waals surface area contributed by atoms with Crippen molar-refractivity contribution >= 4 is 34.1 Å². The van der Waals surface area contributed by atoms with E-state index < -0.39 is 18.5 Å². The lowest BCUT2D eigenvalue weighted by Gasteiger charge is -2.08. The largest absolute Gasteiger partial charge is 0.452 e. The number of allylic oxidation sites excluding steroid dienone is 1. The lowest BCUT2D eigenvalue weighted by atomic mass is 10.0. The van der Waals surface area contributed by atoms with Crippen LogP contribution < -0.4 is 11.1 Å². The summed E-state index contributed by atoms with van der Waals surface area (Å²) in [5.74, 6) is -1.81. The predicted molar refractivity (Wildman–Crippen MR) is 97.3 cm³/mol. The number of hydrogen-bond donors (Lipinski definition) is 2. The van der Waals surface area contributed by atoms with Gasteiger partial charge in [0.25, 0.3) is 5.91 Å². The molecule has 0 saturated carbocycles. The van der Waals surface area contributed by atoms with Gasteiger partial charge in [0.1, 0.15) is 10.6 Å². The Labute approximate surface area is 149 Å². The number of carbonyl (C=O) groups excluding carboxylic acids is 3. The third kappa shape index (κ3) is 5.02. The zero-order chi connectivity index (χ0) is 18.4. The SMILES string of the molecule is CC(C)=CC(=O)Nc1scc(-c2ccccc2)c1C(=O)OCC(N)=O. The molecule has 0 aliphatic carbocycles. The van der Waals surface area contributed by atoms with Gasteiger partial charge in [-0.15, -0.1) is 11.3 Å². The van der Waals surface area contributed by atoms with Crippen LogP contribution >= 0.6 is 11.3 Å². The van der Waals surface area contributed by atoms with E-state index in [2.05, 4.69) is 5.32 Å². The van der Waals surface area contributed by atoms with Gasteiger partial charge < -0.3 is 15.8 Å². The van der Waals surface area contributed by atoms with Crippen LogP contribution in [-0.2, 0) is 14.3 Å². The maximum Gasteiger partial charge on any atom is 0.342 e. The van der Waals surface area contributed by atoms with Gasteiger partial charge in [0.15, 0.2) is 6.61 Å². The molecule has 1 aromatic carbocycles. The summed E-state index contributed by atoms with van der Waals surface area (Å²) in [4.78, 5) is 35.3. The molecule has 6 nitrogen and oxygen atoms in total. The van der Waals surface area contributed by atoms with Crippen molar-refractivity contribution in [3.05, 3.63) is 52.9 Å². The van der Waals surface area contributed by atoms with Crippen LogP contribution in [0.15, 0.2) is 47.4 Å². The molecule has 0 unspecified atom stereocenters. The van der Waals surface area contributed by atoms with E-state index in [1.54, 1.807) is 19.2 Å². The number of nitrogens with two attached hydrogens (primary N) is 1. The molecule has 0 aliphatic rings. The quantitative estimate of drug-likeness (QED) is 0.612. The van der Waals surface area contributed by atoms with E-state index in [4.69, 9.17) is 10.5 Å². The first kappa shape index (κ1) is 18.4.